The van der Waals surface area contributed by atoms with Crippen LogP contribution in [-0.2, 0) is 10.8 Å². The fraction of sp³-hybridized carbons (Fsp3) is 0.157. The minimum atomic E-state index is -0.0801. The van der Waals surface area contributed by atoms with Crippen LogP contribution in [0.2, 0.25) is 0 Å². The molecule has 18 aromatic rings. The Morgan fingerprint density at radius 1 is 0.263 bits per heavy atom. The molecule has 0 amide bonds. The molecular formula is C89H70N6. The van der Waals surface area contributed by atoms with Crippen molar-refractivity contribution in [3.63, 3.8) is 0 Å². The Morgan fingerprint density at radius 3 is 0.937 bits per heavy atom. The minimum Gasteiger partial charge on any atom is -0.292 e. The lowest BCUT2D eigenvalue weighted by Gasteiger charge is -2.39. The average molecular weight is 1220 g/mol. The van der Waals surface area contributed by atoms with E-state index in [0.717, 1.165) is 85.5 Å². The highest BCUT2D eigenvalue weighted by atomic mass is 15.0. The molecule has 6 heterocycles. The average Bonchev–Trinajstić information content (AvgIpc) is 1.65. The monoisotopic (exact) mass is 1220 g/mol. The van der Waals surface area contributed by atoms with Crippen LogP contribution in [0.15, 0.2) is 261 Å². The Bertz CT molecular complexity index is 6000. The predicted octanol–water partition coefficient (Wildman–Crippen LogP) is 23.4. The van der Waals surface area contributed by atoms with Gasteiger partial charge in [-0.1, -0.05) is 211 Å². The van der Waals surface area contributed by atoms with Crippen molar-refractivity contribution in [3.05, 3.63) is 289 Å². The number of rotatable bonds is 6. The van der Waals surface area contributed by atoms with E-state index in [2.05, 4.69) is 316 Å². The number of fused-ring (bicyclic) bond motifs is 24. The molecule has 2 unspecified atom stereocenters. The molecule has 0 radical (unpaired) electrons. The summed E-state index contributed by atoms with van der Waals surface area (Å²) >= 11 is 0. The number of benzene rings is 12. The number of aromatic nitrogens is 6. The van der Waals surface area contributed by atoms with Crippen LogP contribution >= 0.6 is 0 Å². The van der Waals surface area contributed by atoms with Gasteiger partial charge in [0.05, 0.1) is 49.7 Å². The first-order valence-corrected chi connectivity index (χ1v) is 33.9. The molecule has 1 aliphatic carbocycles. The Balaban J connectivity index is 0.820. The fourth-order valence-electron chi connectivity index (χ4n) is 16.9. The summed E-state index contributed by atoms with van der Waals surface area (Å²) in [6.45, 7) is 14.1. The van der Waals surface area contributed by atoms with Gasteiger partial charge in [-0.3, -0.25) is 13.2 Å². The lowest BCUT2D eigenvalue weighted by molar-refractivity contribution is 0.352. The summed E-state index contributed by atoms with van der Waals surface area (Å²) in [6, 6.07) is 98.5. The fourth-order valence-corrected chi connectivity index (χ4v) is 16.9. The van der Waals surface area contributed by atoms with E-state index in [0.29, 0.717) is 0 Å². The molecule has 0 bridgehead atoms. The van der Waals surface area contributed by atoms with Crippen molar-refractivity contribution in [2.45, 2.75) is 89.4 Å². The Hall–Kier alpha value is -11.0. The number of para-hydroxylation sites is 9. The molecule has 0 spiro atoms. The lowest BCUT2D eigenvalue weighted by atomic mass is 9.65. The van der Waals surface area contributed by atoms with Gasteiger partial charge in [0, 0.05) is 32.3 Å². The van der Waals surface area contributed by atoms with Crippen molar-refractivity contribution in [1.29, 1.82) is 0 Å². The summed E-state index contributed by atoms with van der Waals surface area (Å²) in [6.07, 6.45) is 2.99. The highest BCUT2D eigenvalue weighted by molar-refractivity contribution is 6.17. The quantitative estimate of drug-likeness (QED) is 0.156. The smallest absolute Gasteiger partial charge is 0.146 e. The van der Waals surface area contributed by atoms with Gasteiger partial charge in [0.25, 0.3) is 0 Å². The topological polar surface area (TPSA) is 51.9 Å². The van der Waals surface area contributed by atoms with Crippen molar-refractivity contribution in [1.82, 2.24) is 28.2 Å². The number of hydrogen-bond acceptors (Lipinski definition) is 3. The van der Waals surface area contributed by atoms with Crippen LogP contribution < -0.4 is 0 Å². The molecule has 0 N–H and O–H groups in total. The maximum Gasteiger partial charge on any atom is 0.146 e. The summed E-state index contributed by atoms with van der Waals surface area (Å²) in [5.74, 6) is 0.607. The van der Waals surface area contributed by atoms with E-state index in [1.807, 2.05) is 0 Å². The number of imidazole rings is 3. The molecule has 2 atom stereocenters. The van der Waals surface area contributed by atoms with Crippen LogP contribution in [0.4, 0.5) is 0 Å². The van der Waals surface area contributed by atoms with Gasteiger partial charge in [0.1, 0.15) is 16.9 Å². The second-order valence-corrected chi connectivity index (χ2v) is 29.1. The molecule has 6 aromatic heterocycles. The third-order valence-corrected chi connectivity index (χ3v) is 21.5. The van der Waals surface area contributed by atoms with Gasteiger partial charge in [0.15, 0.2) is 0 Å². The zero-order chi connectivity index (χ0) is 63.6. The molecule has 6 heteroatoms. The van der Waals surface area contributed by atoms with E-state index in [4.69, 9.17) is 15.0 Å². The van der Waals surface area contributed by atoms with E-state index in [1.54, 1.807) is 0 Å². The predicted molar refractivity (Wildman–Crippen MR) is 399 cm³/mol. The first-order chi connectivity index (χ1) is 46.4. The van der Waals surface area contributed by atoms with Crippen LogP contribution in [0.3, 0.4) is 0 Å². The van der Waals surface area contributed by atoms with Crippen molar-refractivity contribution in [3.8, 4) is 33.4 Å². The van der Waals surface area contributed by atoms with Gasteiger partial charge in [-0.2, -0.15) is 0 Å². The van der Waals surface area contributed by atoms with Gasteiger partial charge in [-0.15, -0.1) is 0 Å². The molecule has 12 aromatic carbocycles. The third kappa shape index (κ3) is 8.66. The standard InChI is InChI=1S/C89H70N6/c1-88(2,3)59-38-43-63(71(51-59)54-36-41-69-74(49-54)66-24-10-16-30-80(66)94-83-33-19-13-27-77(83)91-86(69)94)57-45-56(62-22-8-7-21-61(62)53-35-40-68-73(48-53)65-23-9-15-29-79(65)93-82-32-18-12-26-76(82)90-85(68)93)46-58(47-57)64-44-39-60(89(4,5)6)52-72(64)55-37-42-70-75(50-55)67-25-11-17-31-81(67)95-84-34-20-14-28-78(84)92-87(70)95/h7-44,48-52,56-58H,45-47H2,1-6H3. The molecule has 1 fully saturated rings. The largest absolute Gasteiger partial charge is 0.292 e. The van der Waals surface area contributed by atoms with E-state index in [9.17, 15) is 0 Å². The van der Waals surface area contributed by atoms with E-state index < -0.39 is 0 Å². The Morgan fingerprint density at radius 2 is 0.568 bits per heavy atom. The van der Waals surface area contributed by atoms with Gasteiger partial charge in [-0.05, 0) is 216 Å². The maximum atomic E-state index is 5.34. The van der Waals surface area contributed by atoms with Gasteiger partial charge < -0.3 is 0 Å². The van der Waals surface area contributed by atoms with Crippen LogP contribution in [0.1, 0.15) is 106 Å². The molecule has 1 aliphatic rings. The zero-order valence-electron chi connectivity index (χ0n) is 54.4. The van der Waals surface area contributed by atoms with E-state index >= 15 is 0 Å². The minimum absolute atomic E-state index is 0.0801. The van der Waals surface area contributed by atoms with Crippen LogP contribution in [0.5, 0.6) is 0 Å². The van der Waals surface area contributed by atoms with Crippen LogP contribution in [0.25, 0.3) is 148 Å². The number of pyridine rings is 3. The first-order valence-electron chi connectivity index (χ1n) is 33.9. The molecule has 95 heavy (non-hydrogen) atoms. The number of nitrogens with zero attached hydrogens (tertiary/aromatic N) is 6. The van der Waals surface area contributed by atoms with Crippen LogP contribution in [0, 0.1) is 0 Å². The van der Waals surface area contributed by atoms with Crippen LogP contribution in [-0.4, -0.2) is 28.2 Å². The second kappa shape index (κ2) is 20.8. The molecule has 0 aliphatic heterocycles. The van der Waals surface area contributed by atoms with Crippen molar-refractivity contribution < 1.29 is 0 Å². The number of hydrogen-bond donors (Lipinski definition) is 0. The highest BCUT2D eigenvalue weighted by Crippen LogP contribution is 2.54. The van der Waals surface area contributed by atoms with Gasteiger partial charge >= 0.3 is 0 Å². The molecule has 1 saturated carbocycles. The summed E-state index contributed by atoms with van der Waals surface area (Å²) in [5.41, 5.74) is 27.2. The summed E-state index contributed by atoms with van der Waals surface area (Å²) in [5, 5.41) is 10.8. The van der Waals surface area contributed by atoms with Gasteiger partial charge in [0.2, 0.25) is 0 Å². The SMILES string of the molecule is CC(C)(C)c1ccc(C2CC(c3ccccc3-c3ccc4c(c3)c3ccccc3n3c5ccccc5nc43)CC(c3ccc(C(C)(C)C)cc3-c3ccc4c(c3)c3ccccc3n3c5ccccc5nc43)C2)c(-c2ccc3c(c2)c2ccccc2n2c4ccccc4nc32)c1. The third-order valence-electron chi connectivity index (χ3n) is 21.5. The second-order valence-electron chi connectivity index (χ2n) is 29.1. The summed E-state index contributed by atoms with van der Waals surface area (Å²) in [4.78, 5) is 16.0. The van der Waals surface area contributed by atoms with Crippen molar-refractivity contribution >= 4 is 115 Å². The highest BCUT2D eigenvalue weighted by Gasteiger charge is 2.36. The van der Waals surface area contributed by atoms with Crippen molar-refractivity contribution in [2.24, 2.45) is 0 Å². The molecule has 19 rings (SSSR count). The normalized spacial score (nSPS) is 15.9. The molecule has 456 valence electrons. The van der Waals surface area contributed by atoms with Gasteiger partial charge in [-0.25, -0.2) is 15.0 Å². The zero-order valence-corrected chi connectivity index (χ0v) is 54.4. The Kier molecular flexibility index (Phi) is 12.2. The molecular weight excluding hydrogens is 1150 g/mol. The Labute approximate surface area is 551 Å². The van der Waals surface area contributed by atoms with E-state index in [-0.39, 0.29) is 28.6 Å². The van der Waals surface area contributed by atoms with Crippen molar-refractivity contribution in [2.75, 3.05) is 0 Å². The van der Waals surface area contributed by atoms with E-state index in [1.165, 1.54) is 110 Å². The maximum absolute atomic E-state index is 5.34. The first kappa shape index (κ1) is 55.7. The lowest BCUT2D eigenvalue weighted by Crippen LogP contribution is -2.22. The summed E-state index contributed by atoms with van der Waals surface area (Å²) < 4.78 is 7.08. The molecule has 6 nitrogen and oxygen atoms in total. The molecule has 0 saturated heterocycles. The summed E-state index contributed by atoms with van der Waals surface area (Å²) in [7, 11) is 0.